The largest absolute Gasteiger partial charge is 0.367 e. The van der Waals surface area contributed by atoms with Crippen LogP contribution in [0.5, 0.6) is 0 Å². The Balaban J connectivity index is 1.38. The number of fused-ring (bicyclic) bond motifs is 1. The third-order valence-corrected chi connectivity index (χ3v) is 6.11. The monoisotopic (exact) mass is 403 g/mol. The van der Waals surface area contributed by atoms with Gasteiger partial charge in [0.15, 0.2) is 0 Å². The predicted molar refractivity (Wildman–Crippen MR) is 120 cm³/mol. The first-order chi connectivity index (χ1) is 14.8. The van der Waals surface area contributed by atoms with Gasteiger partial charge >= 0.3 is 0 Å². The topological polar surface area (TPSA) is 79.7 Å². The molecule has 5 rings (SSSR count). The van der Waals surface area contributed by atoms with Gasteiger partial charge < -0.3 is 20.5 Å². The van der Waals surface area contributed by atoms with Crippen molar-refractivity contribution >= 4 is 17.5 Å². The molecule has 0 unspecified atom stereocenters. The van der Waals surface area contributed by atoms with E-state index in [4.69, 9.17) is 9.97 Å². The SMILES string of the molecule is Cc1nccn1-c1ccc(Nc2nc3c(c(NC4CCCCC4)n2)CNCC3)cc1. The number of hydrogen-bond donors (Lipinski definition) is 3. The van der Waals surface area contributed by atoms with Crippen LogP contribution in [0.1, 0.15) is 49.2 Å². The Morgan fingerprint density at radius 2 is 1.90 bits per heavy atom. The molecule has 3 aromatic rings. The lowest BCUT2D eigenvalue weighted by Crippen LogP contribution is -2.29. The van der Waals surface area contributed by atoms with E-state index in [0.717, 1.165) is 48.2 Å². The zero-order valence-corrected chi connectivity index (χ0v) is 17.5. The van der Waals surface area contributed by atoms with E-state index in [9.17, 15) is 0 Å². The molecule has 1 fully saturated rings. The Morgan fingerprint density at radius 1 is 1.07 bits per heavy atom. The molecule has 7 heteroatoms. The standard InChI is InChI=1S/C23H29N7/c1-16-25-13-14-30(16)19-9-7-18(8-10-19)27-23-28-21-11-12-24-15-20(21)22(29-23)26-17-5-3-2-4-6-17/h7-10,13-14,17,24H,2-6,11-12,15H2,1H3,(H2,26,27,28,29). The minimum Gasteiger partial charge on any atom is -0.367 e. The van der Waals surface area contributed by atoms with Crippen molar-refractivity contribution < 1.29 is 0 Å². The lowest BCUT2D eigenvalue weighted by molar-refractivity contribution is 0.461. The Hall–Kier alpha value is -2.93. The van der Waals surface area contributed by atoms with E-state index in [-0.39, 0.29) is 0 Å². The summed E-state index contributed by atoms with van der Waals surface area (Å²) >= 11 is 0. The first-order valence-electron chi connectivity index (χ1n) is 11.0. The maximum absolute atomic E-state index is 4.87. The van der Waals surface area contributed by atoms with Gasteiger partial charge in [-0.15, -0.1) is 0 Å². The number of nitrogens with one attached hydrogen (secondary N) is 3. The summed E-state index contributed by atoms with van der Waals surface area (Å²) in [6.45, 7) is 3.80. The fourth-order valence-corrected chi connectivity index (χ4v) is 4.44. The van der Waals surface area contributed by atoms with Crippen LogP contribution in [0.15, 0.2) is 36.7 Å². The van der Waals surface area contributed by atoms with Gasteiger partial charge in [0.05, 0.1) is 5.69 Å². The summed E-state index contributed by atoms with van der Waals surface area (Å²) < 4.78 is 2.07. The zero-order chi connectivity index (χ0) is 20.3. The summed E-state index contributed by atoms with van der Waals surface area (Å²) in [6, 6.07) is 8.81. The van der Waals surface area contributed by atoms with Gasteiger partial charge in [0.2, 0.25) is 5.95 Å². The first-order valence-corrected chi connectivity index (χ1v) is 11.0. The van der Waals surface area contributed by atoms with Crippen LogP contribution in [0.25, 0.3) is 5.69 Å². The number of rotatable bonds is 5. The Labute approximate surface area is 177 Å². The van der Waals surface area contributed by atoms with Crippen LogP contribution in [0.3, 0.4) is 0 Å². The first kappa shape index (κ1) is 19.1. The quantitative estimate of drug-likeness (QED) is 0.595. The molecule has 0 spiro atoms. The van der Waals surface area contributed by atoms with Crippen molar-refractivity contribution in [2.45, 2.75) is 58.0 Å². The van der Waals surface area contributed by atoms with E-state index >= 15 is 0 Å². The molecule has 0 atom stereocenters. The summed E-state index contributed by atoms with van der Waals surface area (Å²) in [5.74, 6) is 2.63. The molecule has 3 heterocycles. The fourth-order valence-electron chi connectivity index (χ4n) is 4.44. The normalized spacial score (nSPS) is 16.8. The molecule has 30 heavy (non-hydrogen) atoms. The van der Waals surface area contributed by atoms with E-state index in [1.165, 1.54) is 37.7 Å². The molecule has 0 radical (unpaired) electrons. The van der Waals surface area contributed by atoms with E-state index in [1.807, 2.05) is 19.3 Å². The second-order valence-corrected chi connectivity index (χ2v) is 8.24. The molecule has 2 aliphatic rings. The van der Waals surface area contributed by atoms with Crippen LogP contribution >= 0.6 is 0 Å². The zero-order valence-electron chi connectivity index (χ0n) is 17.5. The molecular formula is C23H29N7. The summed E-state index contributed by atoms with van der Waals surface area (Å²) in [5.41, 5.74) is 4.44. The van der Waals surface area contributed by atoms with Crippen molar-refractivity contribution in [1.82, 2.24) is 24.8 Å². The molecule has 156 valence electrons. The van der Waals surface area contributed by atoms with E-state index in [2.05, 4.69) is 49.8 Å². The van der Waals surface area contributed by atoms with Gasteiger partial charge in [0, 0.05) is 54.9 Å². The Bertz CT molecular complexity index is 1000. The van der Waals surface area contributed by atoms with Crippen molar-refractivity contribution in [3.8, 4) is 5.69 Å². The lowest BCUT2D eigenvalue weighted by atomic mass is 9.95. The van der Waals surface area contributed by atoms with Crippen molar-refractivity contribution in [3.05, 3.63) is 53.7 Å². The Morgan fingerprint density at radius 3 is 2.67 bits per heavy atom. The minimum absolute atomic E-state index is 0.519. The van der Waals surface area contributed by atoms with Gasteiger partial charge in [-0.05, 0) is 44.0 Å². The van der Waals surface area contributed by atoms with Crippen molar-refractivity contribution in [1.29, 1.82) is 0 Å². The minimum atomic E-state index is 0.519. The number of hydrogen-bond acceptors (Lipinski definition) is 6. The second kappa shape index (κ2) is 8.44. The van der Waals surface area contributed by atoms with Gasteiger partial charge in [-0.3, -0.25) is 0 Å². The molecule has 1 saturated carbocycles. The molecule has 0 bridgehead atoms. The average molecular weight is 404 g/mol. The summed E-state index contributed by atoms with van der Waals surface area (Å²) in [4.78, 5) is 14.0. The molecule has 1 aromatic carbocycles. The molecule has 0 amide bonds. The van der Waals surface area contributed by atoms with Gasteiger partial charge in [0.1, 0.15) is 11.6 Å². The number of imidazole rings is 1. The van der Waals surface area contributed by atoms with Gasteiger partial charge in [-0.25, -0.2) is 9.97 Å². The van der Waals surface area contributed by atoms with Crippen LogP contribution in [0.4, 0.5) is 17.5 Å². The van der Waals surface area contributed by atoms with Crippen LogP contribution in [-0.2, 0) is 13.0 Å². The molecular weight excluding hydrogens is 374 g/mol. The molecule has 3 N–H and O–H groups in total. The summed E-state index contributed by atoms with van der Waals surface area (Å²) in [5, 5.41) is 10.6. The highest BCUT2D eigenvalue weighted by atomic mass is 15.2. The van der Waals surface area contributed by atoms with Crippen LogP contribution < -0.4 is 16.0 Å². The summed E-state index contributed by atoms with van der Waals surface area (Å²) in [6.07, 6.45) is 11.1. The van der Waals surface area contributed by atoms with E-state index < -0.39 is 0 Å². The van der Waals surface area contributed by atoms with Crippen LogP contribution in [0.2, 0.25) is 0 Å². The fraction of sp³-hybridized carbons (Fsp3) is 0.435. The maximum Gasteiger partial charge on any atom is 0.229 e. The number of nitrogens with zero attached hydrogens (tertiary/aromatic N) is 4. The maximum atomic E-state index is 4.87. The second-order valence-electron chi connectivity index (χ2n) is 8.24. The Kier molecular flexibility index (Phi) is 5.36. The van der Waals surface area contributed by atoms with Gasteiger partial charge in [-0.2, -0.15) is 4.98 Å². The van der Waals surface area contributed by atoms with Crippen LogP contribution in [-0.4, -0.2) is 32.1 Å². The molecule has 2 aromatic heterocycles. The summed E-state index contributed by atoms with van der Waals surface area (Å²) in [7, 11) is 0. The van der Waals surface area contributed by atoms with Gasteiger partial charge in [-0.1, -0.05) is 19.3 Å². The number of benzene rings is 1. The van der Waals surface area contributed by atoms with E-state index in [0.29, 0.717) is 12.0 Å². The lowest BCUT2D eigenvalue weighted by Gasteiger charge is -2.27. The number of aryl methyl sites for hydroxylation is 1. The molecule has 7 nitrogen and oxygen atoms in total. The highest BCUT2D eigenvalue weighted by Gasteiger charge is 2.21. The predicted octanol–water partition coefficient (Wildman–Crippen LogP) is 4.10. The van der Waals surface area contributed by atoms with E-state index in [1.54, 1.807) is 0 Å². The van der Waals surface area contributed by atoms with Gasteiger partial charge in [0.25, 0.3) is 0 Å². The third kappa shape index (κ3) is 4.03. The smallest absolute Gasteiger partial charge is 0.229 e. The van der Waals surface area contributed by atoms with Crippen LogP contribution in [0, 0.1) is 6.92 Å². The molecule has 1 aliphatic carbocycles. The average Bonchev–Trinajstić information content (AvgIpc) is 3.21. The third-order valence-electron chi connectivity index (χ3n) is 6.11. The highest BCUT2D eigenvalue weighted by molar-refractivity contribution is 5.59. The number of aromatic nitrogens is 4. The van der Waals surface area contributed by atoms with Crippen molar-refractivity contribution in [2.24, 2.45) is 0 Å². The highest BCUT2D eigenvalue weighted by Crippen LogP contribution is 2.27. The molecule has 0 saturated heterocycles. The molecule has 1 aliphatic heterocycles. The number of anilines is 3. The van der Waals surface area contributed by atoms with Crippen molar-refractivity contribution in [2.75, 3.05) is 17.2 Å². The van der Waals surface area contributed by atoms with Crippen molar-refractivity contribution in [3.63, 3.8) is 0 Å².